The van der Waals surface area contributed by atoms with E-state index in [0.717, 1.165) is 4.90 Å². The van der Waals surface area contributed by atoms with Gasteiger partial charge in [-0.1, -0.05) is 11.6 Å². The smallest absolute Gasteiger partial charge is 0.240 e. The van der Waals surface area contributed by atoms with Crippen molar-refractivity contribution in [1.29, 1.82) is 0 Å². The lowest BCUT2D eigenvalue weighted by Crippen LogP contribution is -2.49. The summed E-state index contributed by atoms with van der Waals surface area (Å²) in [5.74, 6) is -2.15. The molecule has 0 spiro atoms. The molecule has 1 N–H and O–H groups in total. The number of ether oxygens (including phenoxy) is 1. The Kier molecular flexibility index (Phi) is 2.67. The van der Waals surface area contributed by atoms with Crippen LogP contribution in [-0.4, -0.2) is 44.5 Å². The van der Waals surface area contributed by atoms with Gasteiger partial charge in [-0.2, -0.15) is 0 Å². The number of halogens is 1. The molecule has 25 heavy (non-hydrogen) atoms. The Bertz CT molecular complexity index is 960. The fourth-order valence-corrected chi connectivity index (χ4v) is 4.95. The number of aliphatic hydroxyl groups is 1. The van der Waals surface area contributed by atoms with Crippen LogP contribution in [0.5, 0.6) is 0 Å². The van der Waals surface area contributed by atoms with Gasteiger partial charge < -0.3 is 9.84 Å². The molecule has 3 aliphatic rings. The first-order chi connectivity index (χ1) is 11.8. The fraction of sp³-hybridized carbons (Fsp3) is 0.500. The van der Waals surface area contributed by atoms with Crippen molar-refractivity contribution in [2.75, 3.05) is 4.90 Å². The molecule has 2 bridgehead atoms. The number of amides is 2. The molecule has 2 aromatic rings. The van der Waals surface area contributed by atoms with E-state index in [0.29, 0.717) is 11.4 Å². The summed E-state index contributed by atoms with van der Waals surface area (Å²) in [7, 11) is 0. The van der Waals surface area contributed by atoms with Crippen LogP contribution in [-0.2, 0) is 14.3 Å². The van der Waals surface area contributed by atoms with E-state index in [1.807, 2.05) is 0 Å². The number of carbonyl (C=O) groups excluding carboxylic acids is 2. The summed E-state index contributed by atoms with van der Waals surface area (Å²) >= 11 is 6.06. The lowest BCUT2D eigenvalue weighted by atomic mass is 9.67. The summed E-state index contributed by atoms with van der Waals surface area (Å²) in [6.45, 7) is 3.47. The number of benzene rings is 1. The number of fused-ring (bicyclic) bond motifs is 6. The van der Waals surface area contributed by atoms with Crippen molar-refractivity contribution >= 4 is 40.1 Å². The second kappa shape index (κ2) is 4.38. The largest absolute Gasteiger partial charge is 0.390 e. The Morgan fingerprint density at radius 2 is 1.88 bits per heavy atom. The molecule has 0 radical (unpaired) electrons. The lowest BCUT2D eigenvalue weighted by molar-refractivity contribution is -0.132. The van der Waals surface area contributed by atoms with E-state index < -0.39 is 35.0 Å². The molecule has 2 amide bonds. The molecule has 1 aromatic heterocycles. The predicted molar refractivity (Wildman–Crippen MR) is 84.8 cm³/mol. The van der Waals surface area contributed by atoms with Crippen molar-refractivity contribution in [2.45, 2.75) is 37.6 Å². The van der Waals surface area contributed by atoms with Crippen LogP contribution in [0.1, 0.15) is 20.3 Å². The van der Waals surface area contributed by atoms with Gasteiger partial charge in [-0.3, -0.25) is 9.59 Å². The predicted octanol–water partition coefficient (Wildman–Crippen LogP) is 1.29. The van der Waals surface area contributed by atoms with Gasteiger partial charge in [-0.05, 0) is 36.3 Å². The van der Waals surface area contributed by atoms with Crippen molar-refractivity contribution in [3.05, 3.63) is 17.2 Å². The van der Waals surface area contributed by atoms with E-state index in [4.69, 9.17) is 21.0 Å². The molecule has 0 aliphatic carbocycles. The normalized spacial score (nSPS) is 39.7. The summed E-state index contributed by atoms with van der Waals surface area (Å²) in [5.41, 5.74) is -1.12. The molecule has 3 saturated heterocycles. The molecule has 3 fully saturated rings. The molecular weight excluding hydrogens is 350 g/mol. The minimum Gasteiger partial charge on any atom is -0.390 e. The van der Waals surface area contributed by atoms with E-state index >= 15 is 0 Å². The summed E-state index contributed by atoms with van der Waals surface area (Å²) in [6, 6.07) is 3.09. The zero-order valence-corrected chi connectivity index (χ0v) is 14.1. The number of imide groups is 1. The van der Waals surface area contributed by atoms with Gasteiger partial charge in [-0.25, -0.2) is 9.53 Å². The number of aliphatic hydroxyl groups excluding tert-OH is 1. The van der Waals surface area contributed by atoms with Crippen LogP contribution in [0.4, 0.5) is 5.69 Å². The number of carbonyl (C=O) groups is 2. The van der Waals surface area contributed by atoms with Crippen LogP contribution >= 0.6 is 11.6 Å². The molecule has 5 rings (SSSR count). The van der Waals surface area contributed by atoms with Crippen molar-refractivity contribution < 1.29 is 24.1 Å². The average molecular weight is 364 g/mol. The minimum atomic E-state index is -1.07. The van der Waals surface area contributed by atoms with Crippen LogP contribution in [0.3, 0.4) is 0 Å². The maximum absolute atomic E-state index is 13.1. The molecule has 2 unspecified atom stereocenters. The third-order valence-corrected chi connectivity index (χ3v) is 6.19. The quantitative estimate of drug-likeness (QED) is 0.761. The minimum absolute atomic E-state index is 0.248. The zero-order valence-electron chi connectivity index (χ0n) is 13.4. The maximum Gasteiger partial charge on any atom is 0.240 e. The molecule has 130 valence electrons. The molecule has 5 atom stereocenters. The van der Waals surface area contributed by atoms with Gasteiger partial charge in [0.25, 0.3) is 0 Å². The standard InChI is InChI=1S/C16H14ClN3O5/c1-15-5-8(21)16(2,24-15)10-9(15)13(22)20(14(10)23)7-4-3-6(17)11-12(7)19-25-18-11/h3-4,8-10,21H,5H2,1-2H3/t8-,9+,10-,15?,16?/m0/s1. The summed E-state index contributed by atoms with van der Waals surface area (Å²) < 4.78 is 10.7. The molecule has 3 aliphatic heterocycles. The number of hydrogen-bond acceptors (Lipinski definition) is 7. The van der Waals surface area contributed by atoms with Crippen molar-refractivity contribution in [2.24, 2.45) is 11.8 Å². The Morgan fingerprint density at radius 1 is 1.20 bits per heavy atom. The lowest BCUT2D eigenvalue weighted by Gasteiger charge is -2.31. The Balaban J connectivity index is 1.68. The van der Waals surface area contributed by atoms with E-state index in [9.17, 15) is 14.7 Å². The molecule has 4 heterocycles. The highest BCUT2D eigenvalue weighted by molar-refractivity contribution is 6.36. The Hall–Kier alpha value is -2.03. The monoisotopic (exact) mass is 363 g/mol. The second-order valence-corrected chi connectivity index (χ2v) is 7.72. The van der Waals surface area contributed by atoms with Gasteiger partial charge in [0, 0.05) is 6.42 Å². The number of hydrogen-bond donors (Lipinski definition) is 1. The highest BCUT2D eigenvalue weighted by Gasteiger charge is 2.75. The van der Waals surface area contributed by atoms with Crippen molar-refractivity contribution in [3.63, 3.8) is 0 Å². The number of anilines is 1. The van der Waals surface area contributed by atoms with Crippen LogP contribution in [0.15, 0.2) is 16.8 Å². The molecule has 0 saturated carbocycles. The number of aromatic nitrogens is 2. The van der Waals surface area contributed by atoms with Crippen molar-refractivity contribution in [3.8, 4) is 0 Å². The van der Waals surface area contributed by atoms with Gasteiger partial charge in [0.1, 0.15) is 5.60 Å². The second-order valence-electron chi connectivity index (χ2n) is 7.31. The first-order valence-corrected chi connectivity index (χ1v) is 8.32. The maximum atomic E-state index is 13.1. The van der Waals surface area contributed by atoms with Crippen LogP contribution in [0.2, 0.25) is 5.02 Å². The molecule has 1 aromatic carbocycles. The SMILES string of the molecule is CC12C[C@H](O)C(C)(O1)[C@@H]1C(=O)N(c3ccc(Cl)c4nonc34)C(=O)[C@@H]12. The third-order valence-electron chi connectivity index (χ3n) is 5.88. The number of rotatable bonds is 1. The van der Waals surface area contributed by atoms with Crippen LogP contribution in [0.25, 0.3) is 11.0 Å². The van der Waals surface area contributed by atoms with E-state index in [2.05, 4.69) is 10.3 Å². The molecular formula is C16H14ClN3O5. The van der Waals surface area contributed by atoms with Crippen molar-refractivity contribution in [1.82, 2.24) is 10.3 Å². The zero-order chi connectivity index (χ0) is 17.7. The van der Waals surface area contributed by atoms with E-state index in [-0.39, 0.29) is 22.6 Å². The summed E-state index contributed by atoms with van der Waals surface area (Å²) in [6.07, 6.45) is -0.478. The first-order valence-electron chi connectivity index (χ1n) is 7.95. The van der Waals surface area contributed by atoms with E-state index in [1.54, 1.807) is 26.0 Å². The van der Waals surface area contributed by atoms with Gasteiger partial charge in [0.2, 0.25) is 11.8 Å². The van der Waals surface area contributed by atoms with Crippen LogP contribution in [0, 0.1) is 11.8 Å². The molecule has 8 nitrogen and oxygen atoms in total. The van der Waals surface area contributed by atoms with Gasteiger partial charge in [0.05, 0.1) is 34.3 Å². The Morgan fingerprint density at radius 3 is 2.64 bits per heavy atom. The number of nitrogens with zero attached hydrogens (tertiary/aromatic N) is 3. The first kappa shape index (κ1) is 15.2. The molecule has 9 heteroatoms. The van der Waals surface area contributed by atoms with Gasteiger partial charge >= 0.3 is 0 Å². The summed E-state index contributed by atoms with van der Waals surface area (Å²) in [4.78, 5) is 27.4. The topological polar surface area (TPSA) is 106 Å². The fourth-order valence-electron chi connectivity index (χ4n) is 4.76. The third kappa shape index (κ3) is 1.60. The summed E-state index contributed by atoms with van der Waals surface area (Å²) in [5, 5.41) is 18.2. The highest BCUT2D eigenvalue weighted by atomic mass is 35.5. The van der Waals surface area contributed by atoms with Gasteiger partial charge in [0.15, 0.2) is 11.0 Å². The van der Waals surface area contributed by atoms with E-state index in [1.165, 1.54) is 0 Å². The highest BCUT2D eigenvalue weighted by Crippen LogP contribution is 2.61. The van der Waals surface area contributed by atoms with Crippen LogP contribution < -0.4 is 4.90 Å². The van der Waals surface area contributed by atoms with Gasteiger partial charge in [-0.15, -0.1) is 0 Å². The average Bonchev–Trinajstić information content (AvgIpc) is 3.22. The Labute approximate surface area is 146 Å².